The monoisotopic (exact) mass is 228 g/mol. The first-order chi connectivity index (χ1) is 7.54. The van der Waals surface area contributed by atoms with Crippen LogP contribution in [-0.2, 0) is 4.79 Å². The molecule has 1 aliphatic heterocycles. The Bertz CT molecular complexity index is 231. The molecule has 0 radical (unpaired) electrons. The summed E-state index contributed by atoms with van der Waals surface area (Å²) in [7, 11) is 0. The molecular weight excluding hydrogens is 204 g/mol. The first-order valence-electron chi connectivity index (χ1n) is 6.19. The number of aliphatic hydroxyl groups excluding tert-OH is 1. The molecule has 1 aliphatic rings. The molecule has 1 saturated heterocycles. The van der Waals surface area contributed by atoms with Crippen LogP contribution in [0, 0.1) is 11.8 Å². The fraction of sp³-hybridized carbons (Fsp3) is 0.917. The van der Waals surface area contributed by atoms with E-state index in [9.17, 15) is 4.79 Å². The molecule has 0 aliphatic carbocycles. The number of nitrogens with zero attached hydrogens (tertiary/aromatic N) is 1. The summed E-state index contributed by atoms with van der Waals surface area (Å²) >= 11 is 0. The number of carbonyl (C=O) groups is 1. The highest BCUT2D eigenvalue weighted by atomic mass is 16.3. The number of carbonyl (C=O) groups excluding carboxylic acids is 1. The molecule has 2 atom stereocenters. The van der Waals surface area contributed by atoms with E-state index in [0.29, 0.717) is 12.5 Å². The molecule has 4 nitrogen and oxygen atoms in total. The summed E-state index contributed by atoms with van der Waals surface area (Å²) in [5.41, 5.74) is 5.88. The van der Waals surface area contributed by atoms with Crippen LogP contribution in [0.25, 0.3) is 0 Å². The van der Waals surface area contributed by atoms with Crippen molar-refractivity contribution >= 4 is 5.91 Å². The second kappa shape index (κ2) is 6.21. The molecule has 1 rings (SSSR count). The van der Waals surface area contributed by atoms with Gasteiger partial charge in [-0.3, -0.25) is 4.79 Å². The highest BCUT2D eigenvalue weighted by Crippen LogP contribution is 2.17. The minimum Gasteiger partial charge on any atom is -0.396 e. The molecule has 1 fully saturated rings. The van der Waals surface area contributed by atoms with Crippen LogP contribution in [0.5, 0.6) is 0 Å². The van der Waals surface area contributed by atoms with Crippen molar-refractivity contribution in [1.29, 1.82) is 0 Å². The molecule has 0 bridgehead atoms. The van der Waals surface area contributed by atoms with Crippen molar-refractivity contribution < 1.29 is 9.90 Å². The van der Waals surface area contributed by atoms with Gasteiger partial charge in [0.25, 0.3) is 0 Å². The Morgan fingerprint density at radius 1 is 1.56 bits per heavy atom. The van der Waals surface area contributed by atoms with Crippen LogP contribution >= 0.6 is 0 Å². The van der Waals surface area contributed by atoms with E-state index in [0.717, 1.165) is 25.8 Å². The van der Waals surface area contributed by atoms with Crippen molar-refractivity contribution in [1.82, 2.24) is 4.90 Å². The first kappa shape index (κ1) is 13.5. The Morgan fingerprint density at radius 2 is 2.25 bits per heavy atom. The summed E-state index contributed by atoms with van der Waals surface area (Å²) in [6.45, 7) is 5.77. The molecule has 0 spiro atoms. The summed E-state index contributed by atoms with van der Waals surface area (Å²) in [5, 5.41) is 9.11. The highest BCUT2D eigenvalue weighted by molar-refractivity contribution is 5.81. The summed E-state index contributed by atoms with van der Waals surface area (Å²) < 4.78 is 0. The lowest BCUT2D eigenvalue weighted by atomic mass is 9.97. The van der Waals surface area contributed by atoms with Gasteiger partial charge in [0.2, 0.25) is 5.91 Å². The molecule has 1 amide bonds. The Hall–Kier alpha value is -0.610. The number of aliphatic hydroxyl groups is 1. The van der Waals surface area contributed by atoms with E-state index in [1.165, 1.54) is 0 Å². The average molecular weight is 228 g/mol. The van der Waals surface area contributed by atoms with Crippen molar-refractivity contribution in [2.24, 2.45) is 17.6 Å². The van der Waals surface area contributed by atoms with Crippen LogP contribution in [0.3, 0.4) is 0 Å². The van der Waals surface area contributed by atoms with Gasteiger partial charge in [-0.2, -0.15) is 0 Å². The molecule has 0 saturated carbocycles. The third kappa shape index (κ3) is 3.76. The Labute approximate surface area is 97.8 Å². The van der Waals surface area contributed by atoms with Gasteiger partial charge in [-0.1, -0.05) is 13.8 Å². The van der Waals surface area contributed by atoms with Gasteiger partial charge in [0.15, 0.2) is 0 Å². The van der Waals surface area contributed by atoms with Gasteiger partial charge in [0.05, 0.1) is 6.04 Å². The molecule has 3 N–H and O–H groups in total. The summed E-state index contributed by atoms with van der Waals surface area (Å²) in [6, 6.07) is -0.377. The predicted molar refractivity (Wildman–Crippen MR) is 63.8 cm³/mol. The van der Waals surface area contributed by atoms with Crippen LogP contribution in [0.4, 0.5) is 0 Å². The van der Waals surface area contributed by atoms with E-state index >= 15 is 0 Å². The van der Waals surface area contributed by atoms with Gasteiger partial charge in [0, 0.05) is 19.7 Å². The van der Waals surface area contributed by atoms with Crippen LogP contribution in [0.15, 0.2) is 0 Å². The minimum absolute atomic E-state index is 0.0480. The lowest BCUT2D eigenvalue weighted by molar-refractivity contribution is -0.135. The Balaban J connectivity index is 2.46. The molecule has 0 aromatic carbocycles. The van der Waals surface area contributed by atoms with Crippen LogP contribution in [-0.4, -0.2) is 41.7 Å². The highest BCUT2D eigenvalue weighted by Gasteiger charge is 2.26. The van der Waals surface area contributed by atoms with E-state index in [2.05, 4.69) is 13.8 Å². The minimum atomic E-state index is -0.377. The van der Waals surface area contributed by atoms with Gasteiger partial charge >= 0.3 is 0 Å². The fourth-order valence-electron chi connectivity index (χ4n) is 2.26. The van der Waals surface area contributed by atoms with Gasteiger partial charge in [0.1, 0.15) is 0 Å². The summed E-state index contributed by atoms with van der Waals surface area (Å²) in [6.07, 6.45) is 2.73. The van der Waals surface area contributed by atoms with Crippen LogP contribution in [0.2, 0.25) is 0 Å². The molecule has 1 unspecified atom stereocenters. The van der Waals surface area contributed by atoms with Gasteiger partial charge in [-0.15, -0.1) is 0 Å². The molecule has 16 heavy (non-hydrogen) atoms. The number of likely N-dealkylation sites (tertiary alicyclic amines) is 1. The second-order valence-corrected chi connectivity index (χ2v) is 5.21. The van der Waals surface area contributed by atoms with Crippen molar-refractivity contribution in [3.8, 4) is 0 Å². The van der Waals surface area contributed by atoms with E-state index in [1.807, 2.05) is 4.90 Å². The van der Waals surface area contributed by atoms with E-state index in [-0.39, 0.29) is 24.5 Å². The Morgan fingerprint density at radius 3 is 2.81 bits per heavy atom. The molecule has 94 valence electrons. The number of amides is 1. The van der Waals surface area contributed by atoms with Crippen molar-refractivity contribution in [2.75, 3.05) is 19.7 Å². The summed E-state index contributed by atoms with van der Waals surface area (Å²) in [5.74, 6) is 0.730. The van der Waals surface area contributed by atoms with Crippen LogP contribution in [0.1, 0.15) is 33.1 Å². The zero-order chi connectivity index (χ0) is 12.1. The van der Waals surface area contributed by atoms with Gasteiger partial charge in [-0.25, -0.2) is 0 Å². The maximum Gasteiger partial charge on any atom is 0.239 e. The zero-order valence-electron chi connectivity index (χ0n) is 10.4. The quantitative estimate of drug-likeness (QED) is 0.740. The summed E-state index contributed by atoms with van der Waals surface area (Å²) in [4.78, 5) is 13.8. The number of rotatable bonds is 4. The molecule has 4 heteroatoms. The van der Waals surface area contributed by atoms with E-state index in [4.69, 9.17) is 10.8 Å². The second-order valence-electron chi connectivity index (χ2n) is 5.21. The maximum absolute atomic E-state index is 12.0. The third-order valence-corrected chi connectivity index (χ3v) is 3.13. The number of nitrogens with two attached hydrogens (primary N) is 1. The normalized spacial score (nSPS) is 23.6. The van der Waals surface area contributed by atoms with Gasteiger partial charge < -0.3 is 15.7 Å². The van der Waals surface area contributed by atoms with Crippen molar-refractivity contribution in [3.05, 3.63) is 0 Å². The van der Waals surface area contributed by atoms with Crippen molar-refractivity contribution in [2.45, 2.75) is 39.2 Å². The Kier molecular flexibility index (Phi) is 5.22. The topological polar surface area (TPSA) is 66.6 Å². The number of hydrogen-bond donors (Lipinski definition) is 2. The average Bonchev–Trinajstić information content (AvgIpc) is 2.27. The van der Waals surface area contributed by atoms with E-state index < -0.39 is 0 Å². The molecule has 0 aromatic rings. The molecule has 1 heterocycles. The van der Waals surface area contributed by atoms with Crippen LogP contribution < -0.4 is 5.73 Å². The number of piperidine rings is 1. The first-order valence-corrected chi connectivity index (χ1v) is 6.19. The van der Waals surface area contributed by atoms with E-state index in [1.54, 1.807) is 0 Å². The fourth-order valence-corrected chi connectivity index (χ4v) is 2.26. The third-order valence-electron chi connectivity index (χ3n) is 3.13. The number of hydrogen-bond acceptors (Lipinski definition) is 3. The smallest absolute Gasteiger partial charge is 0.239 e. The molecule has 0 aromatic heterocycles. The molecular formula is C12H24N2O2. The standard InChI is InChI=1S/C12H24N2O2/c1-9(2)6-11(13)12(16)14-5-3-4-10(7-14)8-15/h9-11,15H,3-8,13H2,1-2H3/t10?,11-/m1/s1. The SMILES string of the molecule is CC(C)C[C@@H](N)C(=O)N1CCCC(CO)C1. The van der Waals surface area contributed by atoms with Gasteiger partial charge in [-0.05, 0) is 31.1 Å². The largest absolute Gasteiger partial charge is 0.396 e. The van der Waals surface area contributed by atoms with Crippen molar-refractivity contribution in [3.63, 3.8) is 0 Å². The lowest BCUT2D eigenvalue weighted by Crippen LogP contribution is -2.48. The zero-order valence-corrected chi connectivity index (χ0v) is 10.4. The maximum atomic E-state index is 12.0. The lowest BCUT2D eigenvalue weighted by Gasteiger charge is -2.33. The predicted octanol–water partition coefficient (Wildman–Crippen LogP) is 0.591.